The van der Waals surface area contributed by atoms with E-state index in [1.54, 1.807) is 0 Å². The Morgan fingerprint density at radius 2 is 0.740 bits per heavy atom. The molecule has 127 heavy (non-hydrogen) atoms. The third-order valence-corrected chi connectivity index (χ3v) is 22.9. The maximum absolute atomic E-state index is 13.8. The van der Waals surface area contributed by atoms with E-state index in [1.807, 2.05) is 0 Å². The number of carbonyl (C=O) groups is 6. The molecule has 58 nitrogen and oxygen atoms in total. The molecule has 47 atom stereocenters. The maximum atomic E-state index is 13.8. The smallest absolute Gasteiger partial charge is 0.397 e. The molecule has 0 aromatic rings. The van der Waals surface area contributed by atoms with Crippen molar-refractivity contribution < 1.29 is 264 Å². The lowest BCUT2D eigenvalue weighted by Gasteiger charge is -2.52. The second-order valence-electron chi connectivity index (χ2n) is 31.5. The Bertz CT molecular complexity index is 3710. The number of aliphatic carboxylic acids is 2. The molecular weight excluding hydrogens is 1770 g/mol. The number of ether oxygens (including phenoxy) is 17. The van der Waals surface area contributed by atoms with Gasteiger partial charge in [-0.05, 0) is 6.92 Å². The second-order valence-corrected chi connectivity index (χ2v) is 32.6. The summed E-state index contributed by atoms with van der Waals surface area (Å²) in [5.74, 6) is -15.7. The largest absolute Gasteiger partial charge is 0.477 e. The molecule has 59 heteroatoms. The van der Waals surface area contributed by atoms with Gasteiger partial charge < -0.3 is 240 Å². The van der Waals surface area contributed by atoms with Crippen LogP contribution in [0.3, 0.4) is 0 Å². The number of carbonyl (C=O) groups excluding carboxylic acids is 4. The van der Waals surface area contributed by atoms with E-state index >= 15 is 0 Å². The van der Waals surface area contributed by atoms with Crippen LogP contribution in [0, 0.1) is 0 Å². The molecule has 9 aliphatic heterocycles. The highest BCUT2D eigenvalue weighted by Gasteiger charge is 2.65. The van der Waals surface area contributed by atoms with Crippen LogP contribution in [0.4, 0.5) is 0 Å². The van der Waals surface area contributed by atoms with Crippen LogP contribution in [-0.4, -0.2) is 527 Å². The number of aliphatic hydroxyl groups is 25. The van der Waals surface area contributed by atoms with Gasteiger partial charge in [0.15, 0.2) is 44.0 Å². The highest BCUT2D eigenvalue weighted by Crippen LogP contribution is 2.44. The molecule has 0 radical (unpaired) electrons. The number of nitrogens with one attached hydrogen (secondary N) is 4. The zero-order valence-corrected chi connectivity index (χ0v) is 68.4. The molecule has 9 aliphatic rings. The Hall–Kier alpha value is -4.99. The van der Waals surface area contributed by atoms with Gasteiger partial charge in [-0.15, -0.1) is 0 Å². The topological polar surface area (TPSA) is 917 Å². The Morgan fingerprint density at radius 3 is 1.16 bits per heavy atom. The molecule has 1 unspecified atom stereocenters. The predicted octanol–water partition coefficient (Wildman–Crippen LogP) is -20.8. The number of hydrogen-bond donors (Lipinski definition) is 32. The van der Waals surface area contributed by atoms with E-state index in [0.29, 0.717) is 0 Å². The van der Waals surface area contributed by atoms with Crippen molar-refractivity contribution in [2.24, 2.45) is 0 Å². The number of carboxylic acid groups (broad SMARTS) is 2. The van der Waals surface area contributed by atoms with Crippen molar-refractivity contribution in [2.75, 3.05) is 52.9 Å². The van der Waals surface area contributed by atoms with Crippen molar-refractivity contribution in [3.8, 4) is 0 Å². The van der Waals surface area contributed by atoms with Gasteiger partial charge in [0.05, 0.1) is 83.3 Å². The summed E-state index contributed by atoms with van der Waals surface area (Å²) in [6, 6.07) is -8.33. The van der Waals surface area contributed by atoms with Gasteiger partial charge in [-0.2, -0.15) is 8.42 Å². The van der Waals surface area contributed by atoms with E-state index in [9.17, 15) is 180 Å². The summed E-state index contributed by atoms with van der Waals surface area (Å²) >= 11 is 0. The first-order chi connectivity index (χ1) is 59.5. The fourth-order valence-corrected chi connectivity index (χ4v) is 16.3. The molecule has 734 valence electrons. The van der Waals surface area contributed by atoms with Crippen LogP contribution in [0.2, 0.25) is 0 Å². The number of carboxylic acids is 2. The summed E-state index contributed by atoms with van der Waals surface area (Å²) < 4.78 is 141. The van der Waals surface area contributed by atoms with Crippen LogP contribution in [0.25, 0.3) is 0 Å². The molecule has 0 bridgehead atoms. The van der Waals surface area contributed by atoms with Gasteiger partial charge in [-0.25, -0.2) is 13.8 Å². The van der Waals surface area contributed by atoms with Gasteiger partial charge in [-0.1, -0.05) is 0 Å². The minimum absolute atomic E-state index is 0.781. The number of rotatable bonds is 36. The third-order valence-electron chi connectivity index (χ3n) is 22.5. The van der Waals surface area contributed by atoms with Crippen LogP contribution in [0.5, 0.6) is 0 Å². The van der Waals surface area contributed by atoms with Gasteiger partial charge in [0.1, 0.15) is 201 Å². The van der Waals surface area contributed by atoms with Gasteiger partial charge in [0.25, 0.3) is 11.6 Å². The van der Waals surface area contributed by atoms with Crippen molar-refractivity contribution in [2.45, 2.75) is 335 Å². The van der Waals surface area contributed by atoms with Gasteiger partial charge in [0, 0.05) is 40.5 Å². The third kappa shape index (κ3) is 23.9. The van der Waals surface area contributed by atoms with E-state index in [-0.39, 0.29) is 0 Å². The van der Waals surface area contributed by atoms with Crippen LogP contribution >= 0.6 is 0 Å². The van der Waals surface area contributed by atoms with Crippen LogP contribution in [0.15, 0.2) is 0 Å². The molecular formula is C68H112N4O54S. The second kappa shape index (κ2) is 44.5. The average molecular weight is 1880 g/mol. The van der Waals surface area contributed by atoms with Crippen molar-refractivity contribution >= 4 is 46.0 Å². The van der Waals surface area contributed by atoms with E-state index in [2.05, 4.69) is 21.3 Å². The lowest BCUT2D eigenvalue weighted by molar-refractivity contribution is -0.395. The molecule has 32 N–H and O–H groups in total. The van der Waals surface area contributed by atoms with Crippen LogP contribution in [-0.2, 0) is 124 Å². The van der Waals surface area contributed by atoms with Gasteiger partial charge >= 0.3 is 22.3 Å². The molecule has 9 saturated heterocycles. The summed E-state index contributed by atoms with van der Waals surface area (Å²) in [5, 5.41) is 310. The zero-order valence-electron chi connectivity index (χ0n) is 67.6. The molecule has 9 rings (SSSR count). The quantitative estimate of drug-likeness (QED) is 0.0259. The maximum Gasteiger partial charge on any atom is 0.397 e. The minimum Gasteiger partial charge on any atom is -0.477 e. The summed E-state index contributed by atoms with van der Waals surface area (Å²) in [6.07, 6.45) is -99.3. The lowest BCUT2D eigenvalue weighted by Crippen LogP contribution is -2.72. The summed E-state index contributed by atoms with van der Waals surface area (Å²) in [7, 11) is -5.78. The summed E-state index contributed by atoms with van der Waals surface area (Å²) in [4.78, 5) is 79.3. The molecule has 0 aliphatic carbocycles. The van der Waals surface area contributed by atoms with Crippen LogP contribution < -0.4 is 21.3 Å². The molecule has 0 aromatic heterocycles. The SMILES string of the molecule is CC(=O)N[C@H]1[C@@H](O[C@@H]2[C@H](O)[C@H](O[C@@H]3[C@@H](O)[C@H](O)[C@@H](O)O[C@@H]3CO)O[C@H](CO)[C@@H]2O)O[C@H](CO[C@H]2O[C@H](COS(=O)(=O)O)[C@@H](O[C@H]3O[C@@H](CO)[C@@H](O)C(O[C@]4(C(=O)O)C[C@H](O)[C@@H](NC(C)=O)[C@@H]([C@@H](O)[C@@H](O)CO)O4)[C@H]3O)[C@@H](O[C@H]3O[C@H](C)[C@H](O)[C@@H](O)[C@@H]3O)[C@H]2NC(C)=O)[C@@H](O)[C@H]1O[C@H]1O[C@@H](CO)[C@@H](O)[C@H](O[C@]2(C(=O)O)C[C@H](O)[C@@H](NC(C)=O)[C@@H]([C@@H](O)[C@@H](O)CO)O2)[C@H]1O. The summed E-state index contributed by atoms with van der Waals surface area (Å²) in [6.45, 7) is -6.28. The van der Waals surface area contributed by atoms with E-state index in [1.165, 1.54) is 0 Å². The van der Waals surface area contributed by atoms with Crippen molar-refractivity contribution in [3.63, 3.8) is 0 Å². The molecule has 9 fully saturated rings. The van der Waals surface area contributed by atoms with Crippen molar-refractivity contribution in [1.29, 1.82) is 0 Å². The number of aliphatic hydroxyl groups excluding tert-OH is 25. The Balaban J connectivity index is 1.15. The Kier molecular flexibility index (Phi) is 37.0. The van der Waals surface area contributed by atoms with Crippen molar-refractivity contribution in [3.05, 3.63) is 0 Å². The summed E-state index contributed by atoms with van der Waals surface area (Å²) in [5.41, 5.74) is 0. The fourth-order valence-electron chi connectivity index (χ4n) is 16.0. The van der Waals surface area contributed by atoms with E-state index in [4.69, 9.17) is 84.7 Å². The van der Waals surface area contributed by atoms with E-state index in [0.717, 1.165) is 34.6 Å². The molecule has 0 aromatic carbocycles. The Labute approximate surface area is 717 Å². The minimum atomic E-state index is -5.78. The fraction of sp³-hybridized carbons (Fsp3) is 0.912. The van der Waals surface area contributed by atoms with Gasteiger partial charge in [-0.3, -0.25) is 23.7 Å². The average Bonchev–Trinajstić information content (AvgIpc) is 0.754. The molecule has 0 saturated carbocycles. The highest BCUT2D eigenvalue weighted by molar-refractivity contribution is 7.80. The molecule has 0 spiro atoms. The highest BCUT2D eigenvalue weighted by atomic mass is 32.3. The van der Waals surface area contributed by atoms with Crippen molar-refractivity contribution in [1.82, 2.24) is 21.3 Å². The normalized spacial score (nSPS) is 45.6. The number of hydrogen-bond acceptors (Lipinski definition) is 51. The first kappa shape index (κ1) is 106. The van der Waals surface area contributed by atoms with Gasteiger partial charge in [0.2, 0.25) is 23.6 Å². The first-order valence-corrected chi connectivity index (χ1v) is 40.8. The molecule has 9 heterocycles. The zero-order chi connectivity index (χ0) is 94.6. The molecule has 4 amide bonds. The first-order valence-electron chi connectivity index (χ1n) is 39.4. The van der Waals surface area contributed by atoms with E-state index < -0.39 is 399 Å². The predicted molar refractivity (Wildman–Crippen MR) is 387 cm³/mol. The standard InChI is InChI=1S/C68H112N4O54S/c1-16-35(87)42(94)45(97)61(111-16)121-54-34(72-20(5)82)59(117-30(15-110-127(106,107)108)50(54)119-63-47(99)56(39(91)26(11-76)114-63)125-67(65(102)103)6-21(83)31(69-17(2)79)52(123-67)36(88)23(85)8-73)109-14-29-41(93)51(33(71-19(4)81)60(116-29)122-55-38(90)25(10-75)113-62(46(55)98)118-49-28(13-78)112-58(101)44(96)43(49)95)120-64-48(100)57(40(92)27(12-77)115-64)126-68(66(104)105)7-22(84)32(70-18(3)80)53(124-68)37(89)24(86)9-74/h16,21-64,73-78,83-101H,6-15H2,1-5H3,(H,69,79)(H,70,80)(H,71,81)(H,72,82)(H,102,103)(H,104,105)(H,106,107,108)/t16-,21+,22+,23+,24+,25-,26+,27+,28-,29-,30-,31-,32-,33-,34-,35+,36+,37+,38+,39-,40-,41-,42-,43+,44+,45+,46+,47-,48-,49+,50-,51+,52+,53+,54+,55+,56?,57+,58+,59+,60-,61-,62+,63-,64-,67+,68+/m1/s1. The number of amides is 4. The Morgan fingerprint density at radius 1 is 0.378 bits per heavy atom. The monoisotopic (exact) mass is 1880 g/mol. The lowest BCUT2D eigenvalue weighted by atomic mass is 9.88. The van der Waals surface area contributed by atoms with Crippen LogP contribution in [0.1, 0.15) is 47.5 Å².